The number of aryl methyl sites for hydroxylation is 1. The standard InChI is InChI=1S/C15H22N2O3/c1-4-8-17(9-5-2)15(20)16-13-10-12(14(18)19)7-6-11(13)3/h6-7,10H,4-5,8-9H2,1-3H3,(H,16,20)(H,18,19). The van der Waals surface area contributed by atoms with Crippen molar-refractivity contribution < 1.29 is 14.7 Å². The summed E-state index contributed by atoms with van der Waals surface area (Å²) in [5, 5.41) is 11.8. The molecular weight excluding hydrogens is 256 g/mol. The van der Waals surface area contributed by atoms with Crippen LogP contribution in [0.15, 0.2) is 18.2 Å². The van der Waals surface area contributed by atoms with Gasteiger partial charge >= 0.3 is 12.0 Å². The van der Waals surface area contributed by atoms with Gasteiger partial charge in [0.2, 0.25) is 0 Å². The molecule has 0 unspecified atom stereocenters. The van der Waals surface area contributed by atoms with E-state index in [0.717, 1.165) is 18.4 Å². The van der Waals surface area contributed by atoms with Crippen molar-refractivity contribution in [1.82, 2.24) is 4.90 Å². The van der Waals surface area contributed by atoms with Gasteiger partial charge in [-0.15, -0.1) is 0 Å². The van der Waals surface area contributed by atoms with Gasteiger partial charge in [-0.05, 0) is 37.5 Å². The van der Waals surface area contributed by atoms with E-state index < -0.39 is 5.97 Å². The van der Waals surface area contributed by atoms with E-state index in [0.29, 0.717) is 18.8 Å². The molecule has 0 aliphatic heterocycles. The fourth-order valence-electron chi connectivity index (χ4n) is 1.94. The second kappa shape index (κ2) is 7.53. The van der Waals surface area contributed by atoms with Crippen LogP contribution in [-0.2, 0) is 0 Å². The average molecular weight is 278 g/mol. The average Bonchev–Trinajstić information content (AvgIpc) is 2.40. The van der Waals surface area contributed by atoms with Gasteiger partial charge in [0.15, 0.2) is 0 Å². The van der Waals surface area contributed by atoms with E-state index >= 15 is 0 Å². The van der Waals surface area contributed by atoms with Crippen LogP contribution < -0.4 is 5.32 Å². The lowest BCUT2D eigenvalue weighted by molar-refractivity contribution is 0.0697. The van der Waals surface area contributed by atoms with E-state index in [4.69, 9.17) is 5.11 Å². The normalized spacial score (nSPS) is 10.2. The summed E-state index contributed by atoms with van der Waals surface area (Å²) in [4.78, 5) is 24.9. The molecule has 0 saturated heterocycles. The summed E-state index contributed by atoms with van der Waals surface area (Å²) in [5.41, 5.74) is 1.56. The van der Waals surface area contributed by atoms with Gasteiger partial charge in [-0.3, -0.25) is 0 Å². The van der Waals surface area contributed by atoms with Gasteiger partial charge in [0, 0.05) is 18.8 Å². The van der Waals surface area contributed by atoms with Crippen LogP contribution in [0.2, 0.25) is 0 Å². The minimum absolute atomic E-state index is 0.170. The molecule has 20 heavy (non-hydrogen) atoms. The Kier molecular flexibility index (Phi) is 6.03. The Hall–Kier alpha value is -2.04. The molecule has 2 N–H and O–H groups in total. The zero-order chi connectivity index (χ0) is 15.1. The first-order valence-electron chi connectivity index (χ1n) is 6.89. The highest BCUT2D eigenvalue weighted by Crippen LogP contribution is 2.17. The number of nitrogens with zero attached hydrogens (tertiary/aromatic N) is 1. The Morgan fingerprint density at radius 1 is 1.20 bits per heavy atom. The predicted molar refractivity (Wildman–Crippen MR) is 79.3 cm³/mol. The van der Waals surface area contributed by atoms with Crippen LogP contribution in [0.3, 0.4) is 0 Å². The first-order valence-corrected chi connectivity index (χ1v) is 6.89. The minimum Gasteiger partial charge on any atom is -0.478 e. The summed E-state index contributed by atoms with van der Waals surface area (Å²) >= 11 is 0. The van der Waals surface area contributed by atoms with Gasteiger partial charge in [-0.1, -0.05) is 19.9 Å². The van der Waals surface area contributed by atoms with Crippen molar-refractivity contribution in [2.75, 3.05) is 18.4 Å². The van der Waals surface area contributed by atoms with E-state index in [1.54, 1.807) is 11.0 Å². The van der Waals surface area contributed by atoms with Crippen molar-refractivity contribution >= 4 is 17.7 Å². The molecule has 0 atom stereocenters. The molecule has 110 valence electrons. The number of amides is 2. The second-order valence-electron chi connectivity index (χ2n) is 4.75. The first kappa shape index (κ1) is 16.0. The predicted octanol–water partition coefficient (Wildman–Crippen LogP) is 3.35. The fourth-order valence-corrected chi connectivity index (χ4v) is 1.94. The highest BCUT2D eigenvalue weighted by Gasteiger charge is 2.14. The van der Waals surface area contributed by atoms with Gasteiger partial charge in [0.25, 0.3) is 0 Å². The van der Waals surface area contributed by atoms with E-state index in [-0.39, 0.29) is 11.6 Å². The summed E-state index contributed by atoms with van der Waals surface area (Å²) in [7, 11) is 0. The molecule has 0 saturated carbocycles. The Bertz CT molecular complexity index is 480. The molecule has 0 heterocycles. The van der Waals surface area contributed by atoms with Crippen LogP contribution in [0.4, 0.5) is 10.5 Å². The van der Waals surface area contributed by atoms with Crippen molar-refractivity contribution in [3.63, 3.8) is 0 Å². The van der Waals surface area contributed by atoms with Gasteiger partial charge in [-0.2, -0.15) is 0 Å². The lowest BCUT2D eigenvalue weighted by atomic mass is 10.1. The summed E-state index contributed by atoms with van der Waals surface area (Å²) < 4.78 is 0. The number of hydrogen-bond acceptors (Lipinski definition) is 2. The molecule has 1 aromatic rings. The first-order chi connectivity index (χ1) is 9.49. The lowest BCUT2D eigenvalue weighted by Gasteiger charge is -2.22. The smallest absolute Gasteiger partial charge is 0.335 e. The number of rotatable bonds is 6. The highest BCUT2D eigenvalue weighted by atomic mass is 16.4. The maximum absolute atomic E-state index is 12.2. The number of nitrogens with one attached hydrogen (secondary N) is 1. The zero-order valence-corrected chi connectivity index (χ0v) is 12.3. The third kappa shape index (κ3) is 4.26. The van der Waals surface area contributed by atoms with E-state index in [1.807, 2.05) is 20.8 Å². The van der Waals surface area contributed by atoms with Crippen molar-refractivity contribution in [3.05, 3.63) is 29.3 Å². The van der Waals surface area contributed by atoms with Crippen molar-refractivity contribution in [3.8, 4) is 0 Å². The topological polar surface area (TPSA) is 69.6 Å². The van der Waals surface area contributed by atoms with Gasteiger partial charge in [0.1, 0.15) is 0 Å². The van der Waals surface area contributed by atoms with Crippen LogP contribution >= 0.6 is 0 Å². The molecule has 1 rings (SSSR count). The number of carboxylic acid groups (broad SMARTS) is 1. The molecule has 0 aliphatic carbocycles. The van der Waals surface area contributed by atoms with Gasteiger partial charge in [0.05, 0.1) is 5.56 Å². The number of carboxylic acids is 1. The molecule has 5 heteroatoms. The number of urea groups is 1. The van der Waals surface area contributed by atoms with Crippen LogP contribution in [0.5, 0.6) is 0 Å². The van der Waals surface area contributed by atoms with Gasteiger partial charge < -0.3 is 15.3 Å². The highest BCUT2D eigenvalue weighted by molar-refractivity contribution is 5.94. The number of hydrogen-bond donors (Lipinski definition) is 2. The zero-order valence-electron chi connectivity index (χ0n) is 12.3. The largest absolute Gasteiger partial charge is 0.478 e. The molecule has 2 amide bonds. The van der Waals surface area contributed by atoms with Crippen LogP contribution in [0, 0.1) is 6.92 Å². The molecule has 0 aromatic heterocycles. The van der Waals surface area contributed by atoms with E-state index in [1.165, 1.54) is 12.1 Å². The van der Waals surface area contributed by atoms with E-state index in [2.05, 4.69) is 5.32 Å². The Balaban J connectivity index is 2.87. The number of carbonyl (C=O) groups is 2. The number of benzene rings is 1. The summed E-state index contributed by atoms with van der Waals surface area (Å²) in [6.45, 7) is 7.26. The molecular formula is C15H22N2O3. The number of carbonyl (C=O) groups excluding carboxylic acids is 1. The SMILES string of the molecule is CCCN(CCC)C(=O)Nc1cc(C(=O)O)ccc1C. The second-order valence-corrected chi connectivity index (χ2v) is 4.75. The quantitative estimate of drug-likeness (QED) is 0.838. The maximum Gasteiger partial charge on any atom is 0.335 e. The monoisotopic (exact) mass is 278 g/mol. The minimum atomic E-state index is -1.00. The summed E-state index contributed by atoms with van der Waals surface area (Å²) in [6, 6.07) is 4.54. The molecule has 0 spiro atoms. The van der Waals surface area contributed by atoms with Crippen molar-refractivity contribution in [2.24, 2.45) is 0 Å². The Labute approximate surface area is 119 Å². The van der Waals surface area contributed by atoms with Crippen LogP contribution in [0.25, 0.3) is 0 Å². The summed E-state index contributed by atoms with van der Waals surface area (Å²) in [6.07, 6.45) is 1.78. The third-order valence-electron chi connectivity index (χ3n) is 3.00. The Morgan fingerprint density at radius 3 is 2.30 bits per heavy atom. The van der Waals surface area contributed by atoms with Crippen molar-refractivity contribution in [1.29, 1.82) is 0 Å². The van der Waals surface area contributed by atoms with E-state index in [9.17, 15) is 9.59 Å². The van der Waals surface area contributed by atoms with Gasteiger partial charge in [-0.25, -0.2) is 9.59 Å². The van der Waals surface area contributed by atoms with Crippen molar-refractivity contribution in [2.45, 2.75) is 33.6 Å². The Morgan fingerprint density at radius 2 is 1.80 bits per heavy atom. The molecule has 5 nitrogen and oxygen atoms in total. The third-order valence-corrected chi connectivity index (χ3v) is 3.00. The fraction of sp³-hybridized carbons (Fsp3) is 0.467. The molecule has 1 aromatic carbocycles. The lowest BCUT2D eigenvalue weighted by Crippen LogP contribution is -2.36. The maximum atomic E-state index is 12.2. The molecule has 0 fully saturated rings. The molecule has 0 aliphatic rings. The number of aromatic carboxylic acids is 1. The molecule has 0 bridgehead atoms. The van der Waals surface area contributed by atoms with Crippen LogP contribution in [-0.4, -0.2) is 35.1 Å². The summed E-state index contributed by atoms with van der Waals surface area (Å²) in [5.74, 6) is -1.00. The van der Waals surface area contributed by atoms with Crippen LogP contribution in [0.1, 0.15) is 42.6 Å². The molecule has 0 radical (unpaired) electrons. The number of anilines is 1.